The molecule has 112 valence electrons. The first kappa shape index (κ1) is 15.9. The second kappa shape index (κ2) is 6.08. The van der Waals surface area contributed by atoms with Gasteiger partial charge in [-0.2, -0.15) is 0 Å². The number of nitrogens with two attached hydrogens (primary N) is 1. The molecule has 0 amide bonds. The summed E-state index contributed by atoms with van der Waals surface area (Å²) in [5.41, 5.74) is 5.72. The van der Waals surface area contributed by atoms with Crippen LogP contribution in [0.2, 0.25) is 0 Å². The van der Waals surface area contributed by atoms with E-state index in [0.29, 0.717) is 5.56 Å². The fourth-order valence-electron chi connectivity index (χ4n) is 1.69. The first-order chi connectivity index (χ1) is 9.79. The molecule has 0 spiro atoms. The topological polar surface area (TPSA) is 72.2 Å². The molecule has 0 aliphatic heterocycles. The Morgan fingerprint density at radius 1 is 1.10 bits per heavy atom. The molecule has 0 aliphatic rings. The number of hydrogen-bond donors (Lipinski definition) is 2. The Morgan fingerprint density at radius 2 is 1.62 bits per heavy atom. The molecule has 0 radical (unpaired) electrons. The van der Waals surface area contributed by atoms with E-state index in [1.165, 1.54) is 0 Å². The standard InChI is InChI=1S/C13H11BrF2N2O2S/c14-9-3-1-8(2-4-9)7-18-21(19,20)13-11(15)5-10(17)6-12(13)16/h1-6,18H,7,17H2. The minimum absolute atomic E-state index is 0.0845. The molecule has 0 fully saturated rings. The Morgan fingerprint density at radius 3 is 2.14 bits per heavy atom. The summed E-state index contributed by atoms with van der Waals surface area (Å²) >= 11 is 3.25. The molecule has 0 unspecified atom stereocenters. The quantitative estimate of drug-likeness (QED) is 0.805. The highest BCUT2D eigenvalue weighted by molar-refractivity contribution is 9.10. The molecular weight excluding hydrogens is 366 g/mol. The van der Waals surface area contributed by atoms with Crippen LogP contribution in [0.4, 0.5) is 14.5 Å². The molecule has 0 bridgehead atoms. The number of halogens is 3. The Kier molecular flexibility index (Phi) is 4.60. The predicted molar refractivity (Wildman–Crippen MR) is 78.9 cm³/mol. The molecule has 0 saturated carbocycles. The monoisotopic (exact) mass is 376 g/mol. The Hall–Kier alpha value is -1.51. The molecule has 2 aromatic rings. The molecule has 0 heterocycles. The van der Waals surface area contributed by atoms with E-state index in [1.54, 1.807) is 24.3 Å². The van der Waals surface area contributed by atoms with Crippen LogP contribution in [-0.2, 0) is 16.6 Å². The van der Waals surface area contributed by atoms with Gasteiger partial charge in [0, 0.05) is 16.7 Å². The highest BCUT2D eigenvalue weighted by atomic mass is 79.9. The van der Waals surface area contributed by atoms with Gasteiger partial charge in [0.1, 0.15) is 11.6 Å². The van der Waals surface area contributed by atoms with Gasteiger partial charge in [0.05, 0.1) is 0 Å². The molecule has 3 N–H and O–H groups in total. The normalized spacial score (nSPS) is 11.6. The van der Waals surface area contributed by atoms with Gasteiger partial charge in [-0.25, -0.2) is 21.9 Å². The molecule has 8 heteroatoms. The van der Waals surface area contributed by atoms with Crippen LogP contribution >= 0.6 is 15.9 Å². The van der Waals surface area contributed by atoms with Crippen molar-refractivity contribution in [3.8, 4) is 0 Å². The molecular formula is C13H11BrF2N2O2S. The second-order valence-corrected chi connectivity index (χ2v) is 6.88. The van der Waals surface area contributed by atoms with Crippen molar-refractivity contribution in [3.63, 3.8) is 0 Å². The molecule has 0 aromatic heterocycles. The van der Waals surface area contributed by atoms with Crippen LogP contribution in [0.25, 0.3) is 0 Å². The first-order valence-electron chi connectivity index (χ1n) is 5.78. The van der Waals surface area contributed by atoms with Crippen LogP contribution in [0.3, 0.4) is 0 Å². The zero-order valence-electron chi connectivity index (χ0n) is 10.6. The summed E-state index contributed by atoms with van der Waals surface area (Å²) in [6.45, 7) is -0.0845. The third-order valence-corrected chi connectivity index (χ3v) is 4.65. The third-order valence-electron chi connectivity index (χ3n) is 2.67. The summed E-state index contributed by atoms with van der Waals surface area (Å²) in [5, 5.41) is 0. The van der Waals surface area contributed by atoms with Crippen molar-refractivity contribution in [2.75, 3.05) is 5.73 Å². The molecule has 2 rings (SSSR count). The van der Waals surface area contributed by atoms with Gasteiger partial charge in [0.15, 0.2) is 4.90 Å². The maximum atomic E-state index is 13.6. The van der Waals surface area contributed by atoms with Crippen LogP contribution < -0.4 is 10.5 Å². The van der Waals surface area contributed by atoms with E-state index in [0.717, 1.165) is 16.6 Å². The van der Waals surface area contributed by atoms with Crippen molar-refractivity contribution in [1.29, 1.82) is 0 Å². The summed E-state index contributed by atoms with van der Waals surface area (Å²) in [4.78, 5) is -1.03. The van der Waals surface area contributed by atoms with Crippen LogP contribution in [0.5, 0.6) is 0 Å². The summed E-state index contributed by atoms with van der Waals surface area (Å²) < 4.78 is 54.2. The highest BCUT2D eigenvalue weighted by Crippen LogP contribution is 2.22. The third kappa shape index (κ3) is 3.78. The average molecular weight is 377 g/mol. The maximum Gasteiger partial charge on any atom is 0.246 e. The fourth-order valence-corrected chi connectivity index (χ4v) is 3.09. The molecule has 21 heavy (non-hydrogen) atoms. The van der Waals surface area contributed by atoms with E-state index < -0.39 is 26.6 Å². The van der Waals surface area contributed by atoms with Crippen LogP contribution in [0, 0.1) is 11.6 Å². The van der Waals surface area contributed by atoms with E-state index in [4.69, 9.17) is 5.73 Å². The lowest BCUT2D eigenvalue weighted by atomic mass is 10.2. The maximum absolute atomic E-state index is 13.6. The van der Waals surface area contributed by atoms with Crippen molar-refractivity contribution in [1.82, 2.24) is 4.72 Å². The van der Waals surface area contributed by atoms with Gasteiger partial charge in [-0.3, -0.25) is 0 Å². The van der Waals surface area contributed by atoms with Crippen LogP contribution in [0.15, 0.2) is 45.8 Å². The van der Waals surface area contributed by atoms with Gasteiger partial charge in [0.2, 0.25) is 10.0 Å². The Balaban J connectivity index is 2.25. The van der Waals surface area contributed by atoms with Crippen molar-refractivity contribution >= 4 is 31.6 Å². The number of anilines is 1. The van der Waals surface area contributed by atoms with Crippen molar-refractivity contribution < 1.29 is 17.2 Å². The van der Waals surface area contributed by atoms with Crippen LogP contribution in [-0.4, -0.2) is 8.42 Å². The molecule has 0 aliphatic carbocycles. The number of benzene rings is 2. The van der Waals surface area contributed by atoms with Gasteiger partial charge >= 0.3 is 0 Å². The number of sulfonamides is 1. The lowest BCUT2D eigenvalue weighted by Crippen LogP contribution is -2.25. The zero-order chi connectivity index (χ0) is 15.6. The summed E-state index contributed by atoms with van der Waals surface area (Å²) in [6, 6.07) is 8.35. The van der Waals surface area contributed by atoms with Crippen LogP contribution in [0.1, 0.15) is 5.56 Å². The van der Waals surface area contributed by atoms with E-state index in [-0.39, 0.29) is 12.2 Å². The van der Waals surface area contributed by atoms with E-state index in [9.17, 15) is 17.2 Å². The molecule has 0 saturated heterocycles. The van der Waals surface area contributed by atoms with Crippen molar-refractivity contribution in [2.45, 2.75) is 11.4 Å². The molecule has 2 aromatic carbocycles. The lowest BCUT2D eigenvalue weighted by molar-refractivity contribution is 0.514. The van der Waals surface area contributed by atoms with E-state index >= 15 is 0 Å². The number of nitrogen functional groups attached to an aromatic ring is 1. The van der Waals surface area contributed by atoms with Gasteiger partial charge < -0.3 is 5.73 Å². The largest absolute Gasteiger partial charge is 0.399 e. The fraction of sp³-hybridized carbons (Fsp3) is 0.0769. The minimum atomic E-state index is -4.31. The second-order valence-electron chi connectivity index (χ2n) is 4.26. The van der Waals surface area contributed by atoms with Gasteiger partial charge in [-0.1, -0.05) is 28.1 Å². The van der Waals surface area contributed by atoms with E-state index in [2.05, 4.69) is 20.7 Å². The Labute approximate surface area is 129 Å². The molecule has 0 atom stereocenters. The summed E-state index contributed by atoms with van der Waals surface area (Å²) in [5.74, 6) is -2.45. The van der Waals surface area contributed by atoms with Gasteiger partial charge in [-0.15, -0.1) is 0 Å². The van der Waals surface area contributed by atoms with Crippen molar-refractivity contribution in [3.05, 3.63) is 58.1 Å². The smallest absolute Gasteiger partial charge is 0.246 e. The lowest BCUT2D eigenvalue weighted by Gasteiger charge is -2.09. The van der Waals surface area contributed by atoms with Gasteiger partial charge in [-0.05, 0) is 29.8 Å². The average Bonchev–Trinajstić information content (AvgIpc) is 2.36. The summed E-state index contributed by atoms with van der Waals surface area (Å²) in [6.07, 6.45) is 0. The number of rotatable bonds is 4. The predicted octanol–water partition coefficient (Wildman–Crippen LogP) is 2.79. The molecule has 4 nitrogen and oxygen atoms in total. The summed E-state index contributed by atoms with van der Waals surface area (Å²) in [7, 11) is -4.31. The Bertz CT molecular complexity index is 741. The van der Waals surface area contributed by atoms with Gasteiger partial charge in [0.25, 0.3) is 0 Å². The minimum Gasteiger partial charge on any atom is -0.399 e. The number of nitrogens with one attached hydrogen (secondary N) is 1. The van der Waals surface area contributed by atoms with Crippen molar-refractivity contribution in [2.24, 2.45) is 0 Å². The number of hydrogen-bond acceptors (Lipinski definition) is 3. The highest BCUT2D eigenvalue weighted by Gasteiger charge is 2.24. The first-order valence-corrected chi connectivity index (χ1v) is 8.06. The SMILES string of the molecule is Nc1cc(F)c(S(=O)(=O)NCc2ccc(Br)cc2)c(F)c1. The van der Waals surface area contributed by atoms with E-state index in [1.807, 2.05) is 0 Å². The zero-order valence-corrected chi connectivity index (χ0v) is 13.0.